The number of rotatable bonds is 10. The molecule has 0 aromatic heterocycles. The molecule has 1 N–H and O–H groups in total. The molecule has 0 aliphatic heterocycles. The Morgan fingerprint density at radius 2 is 1.79 bits per heavy atom. The summed E-state index contributed by atoms with van der Waals surface area (Å²) in [5, 5.41) is 2.90. The van der Waals surface area contributed by atoms with E-state index in [0.717, 1.165) is 0 Å². The Hall–Kier alpha value is -0.400. The smallest absolute Gasteiger partial charge is 0.330 e. The van der Waals surface area contributed by atoms with Gasteiger partial charge in [0.1, 0.15) is 6.61 Å². The number of nitrogens with one attached hydrogen (secondary N) is 1. The van der Waals surface area contributed by atoms with Crippen molar-refractivity contribution in [2.24, 2.45) is 0 Å². The van der Waals surface area contributed by atoms with E-state index in [1.807, 2.05) is 13.8 Å². The normalized spacial score (nSPS) is 15.0. The van der Waals surface area contributed by atoms with E-state index in [1.54, 1.807) is 14.2 Å². The SMILES string of the molecule is CNC(CCC(C)(C)OC)COCC(F)(F)C(F)F. The maximum absolute atomic E-state index is 12.6. The van der Waals surface area contributed by atoms with Crippen molar-refractivity contribution >= 4 is 0 Å². The van der Waals surface area contributed by atoms with Crippen LogP contribution in [0.25, 0.3) is 0 Å². The second-order valence-corrected chi connectivity index (χ2v) is 5.06. The monoisotopic (exact) mass is 289 g/mol. The first-order chi connectivity index (χ1) is 8.64. The second-order valence-electron chi connectivity index (χ2n) is 5.06. The molecule has 0 spiro atoms. The zero-order chi connectivity index (χ0) is 15.1. The van der Waals surface area contributed by atoms with Crippen LogP contribution < -0.4 is 5.32 Å². The van der Waals surface area contributed by atoms with Gasteiger partial charge in [0.25, 0.3) is 0 Å². The summed E-state index contributed by atoms with van der Waals surface area (Å²) in [6.45, 7) is 2.51. The predicted molar refractivity (Wildman–Crippen MR) is 64.9 cm³/mol. The summed E-state index contributed by atoms with van der Waals surface area (Å²) in [6.07, 6.45) is -2.37. The largest absolute Gasteiger partial charge is 0.379 e. The molecule has 0 aliphatic carbocycles. The Kier molecular flexibility index (Phi) is 7.85. The van der Waals surface area contributed by atoms with Gasteiger partial charge < -0.3 is 14.8 Å². The third-order valence-corrected chi connectivity index (χ3v) is 2.99. The summed E-state index contributed by atoms with van der Waals surface area (Å²) < 4.78 is 59.0. The molecule has 0 amide bonds. The Labute approximate surface area is 111 Å². The molecule has 0 saturated heterocycles. The molecule has 0 aliphatic rings. The molecule has 7 heteroatoms. The molecule has 0 fully saturated rings. The van der Waals surface area contributed by atoms with Gasteiger partial charge in [0.15, 0.2) is 0 Å². The van der Waals surface area contributed by atoms with Crippen molar-refractivity contribution in [1.82, 2.24) is 5.32 Å². The van der Waals surface area contributed by atoms with Crippen LogP contribution in [0.5, 0.6) is 0 Å². The molecule has 0 aromatic rings. The van der Waals surface area contributed by atoms with E-state index in [2.05, 4.69) is 10.1 Å². The molecule has 116 valence electrons. The average molecular weight is 289 g/mol. The average Bonchev–Trinajstić information content (AvgIpc) is 2.33. The fourth-order valence-corrected chi connectivity index (χ4v) is 1.34. The van der Waals surface area contributed by atoms with Crippen LogP contribution in [-0.4, -0.2) is 51.4 Å². The lowest BCUT2D eigenvalue weighted by atomic mass is 9.99. The highest BCUT2D eigenvalue weighted by Gasteiger charge is 2.41. The quantitative estimate of drug-likeness (QED) is 0.627. The van der Waals surface area contributed by atoms with E-state index in [-0.39, 0.29) is 18.2 Å². The maximum atomic E-state index is 12.6. The van der Waals surface area contributed by atoms with Gasteiger partial charge >= 0.3 is 12.3 Å². The van der Waals surface area contributed by atoms with Gasteiger partial charge in [-0.3, -0.25) is 0 Å². The molecule has 0 aromatic carbocycles. The first-order valence-corrected chi connectivity index (χ1v) is 6.11. The highest BCUT2D eigenvalue weighted by atomic mass is 19.3. The molecule has 1 unspecified atom stereocenters. The Balaban J connectivity index is 4.02. The van der Waals surface area contributed by atoms with Crippen LogP contribution in [0, 0.1) is 0 Å². The zero-order valence-corrected chi connectivity index (χ0v) is 11.8. The van der Waals surface area contributed by atoms with Gasteiger partial charge in [-0.05, 0) is 33.7 Å². The van der Waals surface area contributed by atoms with Crippen LogP contribution in [0.4, 0.5) is 17.6 Å². The molecule has 0 rings (SSSR count). The van der Waals surface area contributed by atoms with E-state index < -0.39 is 19.0 Å². The number of hydrogen-bond donors (Lipinski definition) is 1. The third-order valence-electron chi connectivity index (χ3n) is 2.99. The van der Waals surface area contributed by atoms with Crippen molar-refractivity contribution in [3.8, 4) is 0 Å². The van der Waals surface area contributed by atoms with Crippen LogP contribution in [0.1, 0.15) is 26.7 Å². The van der Waals surface area contributed by atoms with Crippen molar-refractivity contribution < 1.29 is 27.0 Å². The minimum atomic E-state index is -4.09. The van der Waals surface area contributed by atoms with Gasteiger partial charge in [0.05, 0.1) is 12.2 Å². The Bertz CT molecular complexity index is 250. The molecule has 0 saturated carbocycles. The zero-order valence-electron chi connectivity index (χ0n) is 11.8. The first kappa shape index (κ1) is 18.6. The lowest BCUT2D eigenvalue weighted by Gasteiger charge is -2.26. The lowest BCUT2D eigenvalue weighted by Crippen LogP contribution is -2.37. The fourth-order valence-electron chi connectivity index (χ4n) is 1.34. The second kappa shape index (κ2) is 8.01. The minimum Gasteiger partial charge on any atom is -0.379 e. The van der Waals surface area contributed by atoms with Crippen molar-refractivity contribution in [2.45, 2.75) is 50.7 Å². The Morgan fingerprint density at radius 3 is 2.21 bits per heavy atom. The van der Waals surface area contributed by atoms with Gasteiger partial charge in [-0.2, -0.15) is 8.78 Å². The van der Waals surface area contributed by atoms with Crippen LogP contribution in [0.3, 0.4) is 0 Å². The van der Waals surface area contributed by atoms with E-state index in [9.17, 15) is 17.6 Å². The van der Waals surface area contributed by atoms with Crippen LogP contribution in [0.15, 0.2) is 0 Å². The van der Waals surface area contributed by atoms with Crippen molar-refractivity contribution in [3.05, 3.63) is 0 Å². The number of ether oxygens (including phenoxy) is 2. The van der Waals surface area contributed by atoms with E-state index in [4.69, 9.17) is 4.74 Å². The van der Waals surface area contributed by atoms with Gasteiger partial charge in [-0.25, -0.2) is 8.78 Å². The summed E-state index contributed by atoms with van der Waals surface area (Å²) in [5.74, 6) is -4.09. The third kappa shape index (κ3) is 7.69. The minimum absolute atomic E-state index is 0.0431. The summed E-state index contributed by atoms with van der Waals surface area (Å²) in [6, 6.07) is -0.178. The molecular weight excluding hydrogens is 266 g/mol. The number of halogens is 4. The fraction of sp³-hybridized carbons (Fsp3) is 1.00. The lowest BCUT2D eigenvalue weighted by molar-refractivity contribution is -0.167. The summed E-state index contributed by atoms with van der Waals surface area (Å²) >= 11 is 0. The summed E-state index contributed by atoms with van der Waals surface area (Å²) in [7, 11) is 3.26. The number of hydrogen-bond acceptors (Lipinski definition) is 3. The van der Waals surface area contributed by atoms with Gasteiger partial charge in [0.2, 0.25) is 0 Å². The predicted octanol–water partition coefficient (Wildman–Crippen LogP) is 2.70. The van der Waals surface area contributed by atoms with Crippen LogP contribution in [-0.2, 0) is 9.47 Å². The van der Waals surface area contributed by atoms with Crippen LogP contribution in [0.2, 0.25) is 0 Å². The van der Waals surface area contributed by atoms with E-state index in [0.29, 0.717) is 12.8 Å². The summed E-state index contributed by atoms with van der Waals surface area (Å²) in [4.78, 5) is 0. The highest BCUT2D eigenvalue weighted by Crippen LogP contribution is 2.23. The molecule has 0 radical (unpaired) electrons. The Morgan fingerprint density at radius 1 is 1.21 bits per heavy atom. The van der Waals surface area contributed by atoms with Gasteiger partial charge in [-0.15, -0.1) is 0 Å². The van der Waals surface area contributed by atoms with Crippen LogP contribution >= 0.6 is 0 Å². The van der Waals surface area contributed by atoms with E-state index in [1.165, 1.54) is 0 Å². The van der Waals surface area contributed by atoms with E-state index >= 15 is 0 Å². The molecule has 0 heterocycles. The number of methoxy groups -OCH3 is 1. The molecule has 3 nitrogen and oxygen atoms in total. The number of alkyl halides is 4. The van der Waals surface area contributed by atoms with Crippen molar-refractivity contribution in [3.63, 3.8) is 0 Å². The van der Waals surface area contributed by atoms with Gasteiger partial charge in [-0.1, -0.05) is 0 Å². The van der Waals surface area contributed by atoms with Crippen molar-refractivity contribution in [2.75, 3.05) is 27.4 Å². The molecule has 0 bridgehead atoms. The standard InChI is InChI=1S/C12H23F4NO2/c1-11(2,18-4)6-5-9(17-3)7-19-8-12(15,16)10(13)14/h9-10,17H,5-8H2,1-4H3. The summed E-state index contributed by atoms with van der Waals surface area (Å²) in [5.41, 5.74) is -0.317. The molecular formula is C12H23F4NO2. The first-order valence-electron chi connectivity index (χ1n) is 6.11. The topological polar surface area (TPSA) is 30.5 Å². The highest BCUT2D eigenvalue weighted by molar-refractivity contribution is 4.74. The van der Waals surface area contributed by atoms with Gasteiger partial charge in [0, 0.05) is 13.2 Å². The van der Waals surface area contributed by atoms with Crippen molar-refractivity contribution in [1.29, 1.82) is 0 Å². The molecule has 1 atom stereocenters. The molecule has 19 heavy (non-hydrogen) atoms. The maximum Gasteiger partial charge on any atom is 0.330 e. The number of likely N-dealkylation sites (N-methyl/N-ethyl adjacent to an activating group) is 1.